The third kappa shape index (κ3) is 1.92. The highest BCUT2D eigenvalue weighted by Gasteiger charge is 2.19. The molecule has 2 aromatic rings. The number of aromatic nitrogens is 1. The molecule has 4 nitrogen and oxygen atoms in total. The minimum absolute atomic E-state index is 0.630. The van der Waals surface area contributed by atoms with Gasteiger partial charge in [0, 0.05) is 24.4 Å². The fraction of sp³-hybridized carbons (Fsp3) is 0.400. The Bertz CT molecular complexity index is 638. The molecule has 0 bridgehead atoms. The van der Waals surface area contributed by atoms with Crippen LogP contribution in [0.5, 0.6) is 5.75 Å². The van der Waals surface area contributed by atoms with E-state index in [1.54, 1.807) is 7.11 Å². The number of pyridine rings is 1. The highest BCUT2D eigenvalue weighted by molar-refractivity contribution is 5.96. The number of aryl methyl sites for hydroxylation is 1. The maximum atomic E-state index is 5.56. The fourth-order valence-corrected chi connectivity index (χ4v) is 2.70. The van der Waals surface area contributed by atoms with Crippen LogP contribution in [0.4, 0.5) is 5.69 Å². The van der Waals surface area contributed by atoms with Crippen molar-refractivity contribution in [3.05, 3.63) is 29.0 Å². The highest BCUT2D eigenvalue weighted by Crippen LogP contribution is 2.34. The van der Waals surface area contributed by atoms with E-state index < -0.39 is 0 Å². The van der Waals surface area contributed by atoms with Crippen molar-refractivity contribution in [1.29, 1.82) is 0 Å². The van der Waals surface area contributed by atoms with E-state index in [-0.39, 0.29) is 0 Å². The van der Waals surface area contributed by atoms with Crippen molar-refractivity contribution in [2.75, 3.05) is 26.1 Å². The van der Waals surface area contributed by atoms with Crippen molar-refractivity contribution in [1.82, 2.24) is 4.98 Å². The summed E-state index contributed by atoms with van der Waals surface area (Å²) in [6.07, 6.45) is 0.880. The number of methoxy groups -OCH3 is 1. The number of benzene rings is 1. The van der Waals surface area contributed by atoms with Gasteiger partial charge in [-0.2, -0.15) is 0 Å². The van der Waals surface area contributed by atoms with Gasteiger partial charge in [-0.15, -0.1) is 0 Å². The summed E-state index contributed by atoms with van der Waals surface area (Å²) in [5.74, 6) is 0.861. The molecular formula is C15H18N2O2. The molecule has 0 aliphatic carbocycles. The third-order valence-electron chi connectivity index (χ3n) is 3.66. The van der Waals surface area contributed by atoms with Crippen molar-refractivity contribution in [3.63, 3.8) is 0 Å². The lowest BCUT2D eigenvalue weighted by molar-refractivity contribution is 0.110. The molecule has 0 radical (unpaired) electrons. The number of rotatable bonds is 2. The van der Waals surface area contributed by atoms with Gasteiger partial charge in [-0.3, -0.25) is 4.98 Å². The number of anilines is 1. The van der Waals surface area contributed by atoms with E-state index in [0.717, 1.165) is 46.6 Å². The van der Waals surface area contributed by atoms with Gasteiger partial charge in [-0.1, -0.05) is 0 Å². The Balaban J connectivity index is 2.36. The van der Waals surface area contributed by atoms with E-state index in [4.69, 9.17) is 14.5 Å². The molecule has 1 N–H and O–H groups in total. The maximum Gasteiger partial charge on any atom is 0.119 e. The Labute approximate surface area is 112 Å². The lowest BCUT2D eigenvalue weighted by Gasteiger charge is -2.21. The predicted molar refractivity (Wildman–Crippen MR) is 75.9 cm³/mol. The van der Waals surface area contributed by atoms with Crippen molar-refractivity contribution < 1.29 is 9.47 Å². The second-order valence-corrected chi connectivity index (χ2v) is 4.81. The minimum Gasteiger partial charge on any atom is -0.497 e. The standard InChI is InChI=1S/C15H18N2O2/c1-9-6-10(18-3)7-11-14(9)17-13-4-5-19-8-12(13)15(11)16-2/h6-7H,4-5,8H2,1-3H3,(H,16,17). The summed E-state index contributed by atoms with van der Waals surface area (Å²) < 4.78 is 10.9. The van der Waals surface area contributed by atoms with Gasteiger partial charge in [0.25, 0.3) is 0 Å². The number of hydrogen-bond acceptors (Lipinski definition) is 4. The fourth-order valence-electron chi connectivity index (χ4n) is 2.70. The molecule has 0 saturated carbocycles. The van der Waals surface area contributed by atoms with Crippen LogP contribution in [0.2, 0.25) is 0 Å². The van der Waals surface area contributed by atoms with E-state index in [2.05, 4.69) is 12.2 Å². The molecule has 1 aromatic heterocycles. The predicted octanol–water partition coefficient (Wildman–Crippen LogP) is 2.67. The van der Waals surface area contributed by atoms with Crippen LogP contribution in [0.1, 0.15) is 16.8 Å². The number of ether oxygens (including phenoxy) is 2. The molecule has 0 atom stereocenters. The zero-order valence-corrected chi connectivity index (χ0v) is 11.5. The first-order valence-electron chi connectivity index (χ1n) is 6.50. The average molecular weight is 258 g/mol. The highest BCUT2D eigenvalue weighted by atomic mass is 16.5. The minimum atomic E-state index is 0.630. The molecule has 0 unspecified atom stereocenters. The molecule has 2 heterocycles. The number of hydrogen-bond donors (Lipinski definition) is 1. The van der Waals surface area contributed by atoms with Gasteiger partial charge in [0.15, 0.2) is 0 Å². The molecule has 0 amide bonds. The van der Waals surface area contributed by atoms with E-state index in [1.165, 1.54) is 5.56 Å². The zero-order chi connectivity index (χ0) is 13.4. The van der Waals surface area contributed by atoms with Crippen LogP contribution in [0, 0.1) is 6.92 Å². The second kappa shape index (κ2) is 4.70. The number of nitrogens with one attached hydrogen (secondary N) is 1. The molecule has 1 aliphatic rings. The van der Waals surface area contributed by atoms with Gasteiger partial charge in [0.2, 0.25) is 0 Å². The quantitative estimate of drug-likeness (QED) is 0.899. The van der Waals surface area contributed by atoms with E-state index in [0.29, 0.717) is 6.61 Å². The summed E-state index contributed by atoms with van der Waals surface area (Å²) in [5.41, 5.74) is 5.62. The molecule has 4 heteroatoms. The first kappa shape index (κ1) is 12.2. The van der Waals surface area contributed by atoms with Crippen LogP contribution >= 0.6 is 0 Å². The Kier molecular flexibility index (Phi) is 3.03. The molecule has 19 heavy (non-hydrogen) atoms. The molecular weight excluding hydrogens is 240 g/mol. The van der Waals surface area contributed by atoms with Crippen LogP contribution in [0.3, 0.4) is 0 Å². The van der Waals surface area contributed by atoms with Crippen LogP contribution < -0.4 is 10.1 Å². The van der Waals surface area contributed by atoms with E-state index in [9.17, 15) is 0 Å². The van der Waals surface area contributed by atoms with Crippen LogP contribution in [-0.4, -0.2) is 25.7 Å². The Morgan fingerprint density at radius 2 is 2.21 bits per heavy atom. The molecule has 0 spiro atoms. The Morgan fingerprint density at radius 1 is 1.37 bits per heavy atom. The molecule has 3 rings (SSSR count). The lowest BCUT2D eigenvalue weighted by atomic mass is 10.0. The van der Waals surface area contributed by atoms with Gasteiger partial charge in [-0.05, 0) is 24.6 Å². The third-order valence-corrected chi connectivity index (χ3v) is 3.66. The monoisotopic (exact) mass is 258 g/mol. The van der Waals surface area contributed by atoms with Crippen LogP contribution in [-0.2, 0) is 17.8 Å². The van der Waals surface area contributed by atoms with Gasteiger partial charge in [0.1, 0.15) is 5.75 Å². The summed E-state index contributed by atoms with van der Waals surface area (Å²) in [6.45, 7) is 3.46. The average Bonchev–Trinajstić information content (AvgIpc) is 2.45. The van der Waals surface area contributed by atoms with Crippen LogP contribution in [0.15, 0.2) is 12.1 Å². The Morgan fingerprint density at radius 3 is 2.95 bits per heavy atom. The van der Waals surface area contributed by atoms with Gasteiger partial charge in [0.05, 0.1) is 37.2 Å². The van der Waals surface area contributed by atoms with E-state index in [1.807, 2.05) is 19.2 Å². The first-order valence-corrected chi connectivity index (χ1v) is 6.50. The smallest absolute Gasteiger partial charge is 0.119 e. The van der Waals surface area contributed by atoms with E-state index >= 15 is 0 Å². The van der Waals surface area contributed by atoms with Crippen molar-refractivity contribution >= 4 is 16.6 Å². The topological polar surface area (TPSA) is 43.4 Å². The van der Waals surface area contributed by atoms with Crippen molar-refractivity contribution in [2.24, 2.45) is 0 Å². The summed E-state index contributed by atoms with van der Waals surface area (Å²) >= 11 is 0. The van der Waals surface area contributed by atoms with Gasteiger partial charge < -0.3 is 14.8 Å². The van der Waals surface area contributed by atoms with Gasteiger partial charge in [-0.25, -0.2) is 0 Å². The molecule has 100 valence electrons. The SMILES string of the molecule is CNc1c2c(nc3c(C)cc(OC)cc13)CCOC2. The summed E-state index contributed by atoms with van der Waals surface area (Å²) in [6, 6.07) is 4.07. The molecule has 1 aliphatic heterocycles. The maximum absolute atomic E-state index is 5.56. The second-order valence-electron chi connectivity index (χ2n) is 4.81. The normalized spacial score (nSPS) is 14.3. The first-order chi connectivity index (χ1) is 9.24. The summed E-state index contributed by atoms with van der Waals surface area (Å²) in [5, 5.41) is 4.40. The van der Waals surface area contributed by atoms with Crippen molar-refractivity contribution in [3.8, 4) is 5.75 Å². The molecule has 1 aromatic carbocycles. The number of fused-ring (bicyclic) bond motifs is 2. The van der Waals surface area contributed by atoms with Crippen LogP contribution in [0.25, 0.3) is 10.9 Å². The number of nitrogens with zero attached hydrogens (tertiary/aromatic N) is 1. The summed E-state index contributed by atoms with van der Waals surface area (Å²) in [4.78, 5) is 4.82. The van der Waals surface area contributed by atoms with Crippen molar-refractivity contribution in [2.45, 2.75) is 20.0 Å². The lowest BCUT2D eigenvalue weighted by Crippen LogP contribution is -2.14. The summed E-state index contributed by atoms with van der Waals surface area (Å²) in [7, 11) is 3.63. The largest absolute Gasteiger partial charge is 0.497 e. The zero-order valence-electron chi connectivity index (χ0n) is 11.5. The molecule has 0 saturated heterocycles. The Hall–Kier alpha value is -1.81. The molecule has 0 fully saturated rings. The van der Waals surface area contributed by atoms with Gasteiger partial charge >= 0.3 is 0 Å².